The highest BCUT2D eigenvalue weighted by Crippen LogP contribution is 2.22. The number of para-hydroxylation sites is 1. The van der Waals surface area contributed by atoms with E-state index in [0.717, 1.165) is 30.6 Å². The van der Waals surface area contributed by atoms with Crippen molar-refractivity contribution in [3.8, 4) is 0 Å². The molecule has 3 N–H and O–H groups in total. The van der Waals surface area contributed by atoms with Gasteiger partial charge in [-0.2, -0.15) is 0 Å². The van der Waals surface area contributed by atoms with Gasteiger partial charge < -0.3 is 20.2 Å². The lowest BCUT2D eigenvalue weighted by Crippen LogP contribution is -2.43. The van der Waals surface area contributed by atoms with Crippen molar-refractivity contribution in [3.63, 3.8) is 0 Å². The second kappa shape index (κ2) is 10.3. The minimum Gasteiger partial charge on any atom is -0.358 e. The fourth-order valence-corrected chi connectivity index (χ4v) is 4.12. The summed E-state index contributed by atoms with van der Waals surface area (Å²) in [5.74, 6) is 2.65. The molecular formula is C22H32IN7. The van der Waals surface area contributed by atoms with Gasteiger partial charge >= 0.3 is 0 Å². The molecule has 1 aliphatic rings. The summed E-state index contributed by atoms with van der Waals surface area (Å²) in [5.41, 5.74) is 3.82. The number of aromatic amines is 1. The molecular weight excluding hydrogens is 489 g/mol. The maximum Gasteiger partial charge on any atom is 0.191 e. The van der Waals surface area contributed by atoms with E-state index in [9.17, 15) is 0 Å². The smallest absolute Gasteiger partial charge is 0.191 e. The summed E-state index contributed by atoms with van der Waals surface area (Å²) in [7, 11) is 1.98. The van der Waals surface area contributed by atoms with Gasteiger partial charge in [0, 0.05) is 36.2 Å². The second-order valence-corrected chi connectivity index (χ2v) is 7.96. The molecule has 0 bridgehead atoms. The number of hydrogen-bond donors (Lipinski definition) is 3. The number of hydrogen-bond acceptors (Lipinski definition) is 3. The van der Waals surface area contributed by atoms with Crippen LogP contribution in [0.15, 0.2) is 29.3 Å². The molecule has 4 rings (SSSR count). The van der Waals surface area contributed by atoms with E-state index in [1.165, 1.54) is 47.8 Å². The second-order valence-electron chi connectivity index (χ2n) is 7.96. The number of fused-ring (bicyclic) bond motifs is 1. The number of benzene rings is 1. The van der Waals surface area contributed by atoms with Gasteiger partial charge in [-0.15, -0.1) is 34.2 Å². The molecule has 0 radical (unpaired) electrons. The van der Waals surface area contributed by atoms with E-state index in [4.69, 9.17) is 4.99 Å². The average molecular weight is 521 g/mol. The van der Waals surface area contributed by atoms with E-state index in [0.29, 0.717) is 12.6 Å². The lowest BCUT2D eigenvalue weighted by Gasteiger charge is -2.17. The zero-order valence-electron chi connectivity index (χ0n) is 18.0. The lowest BCUT2D eigenvalue weighted by atomic mass is 10.1. The molecule has 0 saturated heterocycles. The summed E-state index contributed by atoms with van der Waals surface area (Å²) in [6.07, 6.45) is 5.96. The van der Waals surface area contributed by atoms with Gasteiger partial charge in [0.2, 0.25) is 0 Å². The van der Waals surface area contributed by atoms with Crippen LogP contribution in [-0.2, 0) is 20.0 Å². The van der Waals surface area contributed by atoms with Crippen molar-refractivity contribution in [3.05, 3.63) is 47.2 Å². The lowest BCUT2D eigenvalue weighted by molar-refractivity contribution is 0.610. The van der Waals surface area contributed by atoms with E-state index >= 15 is 0 Å². The summed E-state index contributed by atoms with van der Waals surface area (Å²) in [6, 6.07) is 9.01. The van der Waals surface area contributed by atoms with Crippen LogP contribution in [0.25, 0.3) is 10.9 Å². The SMILES string of the molecule is Cc1[nH]c2ccccc2c1CCNC(=NCc1nnc(C)n1C)NC1CCCC1.I. The van der Waals surface area contributed by atoms with Gasteiger partial charge in [0.1, 0.15) is 12.4 Å². The molecule has 0 unspecified atom stereocenters. The molecule has 2 heterocycles. The van der Waals surface area contributed by atoms with Crippen molar-refractivity contribution in [1.82, 2.24) is 30.4 Å². The molecule has 162 valence electrons. The molecule has 1 aliphatic carbocycles. The number of nitrogens with one attached hydrogen (secondary N) is 3. The number of nitrogens with zero attached hydrogens (tertiary/aromatic N) is 4. The first kappa shape index (κ1) is 22.6. The Balaban J connectivity index is 0.00000256. The number of aryl methyl sites for hydroxylation is 2. The number of aromatic nitrogens is 4. The maximum absolute atomic E-state index is 4.80. The number of rotatable bonds is 6. The van der Waals surface area contributed by atoms with Crippen LogP contribution < -0.4 is 10.6 Å². The molecule has 30 heavy (non-hydrogen) atoms. The Morgan fingerprint density at radius 3 is 2.70 bits per heavy atom. The van der Waals surface area contributed by atoms with Crippen LogP contribution in [0, 0.1) is 13.8 Å². The zero-order valence-corrected chi connectivity index (χ0v) is 20.4. The summed E-state index contributed by atoms with van der Waals surface area (Å²) < 4.78 is 1.99. The molecule has 2 aromatic heterocycles. The summed E-state index contributed by atoms with van der Waals surface area (Å²) in [5, 5.41) is 16.8. The predicted octanol–water partition coefficient (Wildman–Crippen LogP) is 3.75. The number of halogens is 1. The van der Waals surface area contributed by atoms with Crippen LogP contribution in [0.5, 0.6) is 0 Å². The third-order valence-electron chi connectivity index (χ3n) is 5.95. The largest absolute Gasteiger partial charge is 0.358 e. The summed E-state index contributed by atoms with van der Waals surface area (Å²) in [4.78, 5) is 8.29. The molecule has 3 aromatic rings. The molecule has 1 fully saturated rings. The summed E-state index contributed by atoms with van der Waals surface area (Å²) in [6.45, 7) is 5.46. The zero-order chi connectivity index (χ0) is 20.2. The maximum atomic E-state index is 4.80. The first-order valence-electron chi connectivity index (χ1n) is 10.6. The third kappa shape index (κ3) is 5.14. The van der Waals surface area contributed by atoms with Gasteiger partial charge in [0.25, 0.3) is 0 Å². The first-order valence-corrected chi connectivity index (χ1v) is 10.6. The number of aliphatic imine (C=N–C) groups is 1. The Morgan fingerprint density at radius 2 is 1.97 bits per heavy atom. The highest BCUT2D eigenvalue weighted by molar-refractivity contribution is 14.0. The Morgan fingerprint density at radius 1 is 1.20 bits per heavy atom. The minimum absolute atomic E-state index is 0. The molecule has 0 amide bonds. The topological polar surface area (TPSA) is 82.9 Å². The van der Waals surface area contributed by atoms with Gasteiger partial charge in [-0.05, 0) is 44.7 Å². The van der Waals surface area contributed by atoms with Crippen LogP contribution in [0.4, 0.5) is 0 Å². The highest BCUT2D eigenvalue weighted by Gasteiger charge is 2.16. The Labute approximate surface area is 195 Å². The molecule has 1 saturated carbocycles. The van der Waals surface area contributed by atoms with Crippen molar-refractivity contribution >= 4 is 40.8 Å². The van der Waals surface area contributed by atoms with Gasteiger partial charge in [0.15, 0.2) is 11.8 Å². The van der Waals surface area contributed by atoms with Gasteiger partial charge in [-0.25, -0.2) is 4.99 Å². The van der Waals surface area contributed by atoms with E-state index in [1.54, 1.807) is 0 Å². The van der Waals surface area contributed by atoms with E-state index in [-0.39, 0.29) is 24.0 Å². The molecule has 0 aliphatic heterocycles. The molecule has 0 spiro atoms. The Hall–Kier alpha value is -2.10. The molecule has 1 aromatic carbocycles. The fraction of sp³-hybridized carbons (Fsp3) is 0.500. The van der Waals surface area contributed by atoms with Crippen LogP contribution >= 0.6 is 24.0 Å². The van der Waals surface area contributed by atoms with Crippen molar-refractivity contribution in [2.75, 3.05) is 6.54 Å². The predicted molar refractivity (Wildman–Crippen MR) is 132 cm³/mol. The normalized spacial score (nSPS) is 14.8. The minimum atomic E-state index is 0. The van der Waals surface area contributed by atoms with Crippen LogP contribution in [0.3, 0.4) is 0 Å². The van der Waals surface area contributed by atoms with Crippen LogP contribution in [0.2, 0.25) is 0 Å². The van der Waals surface area contributed by atoms with E-state index in [1.807, 2.05) is 18.5 Å². The van der Waals surface area contributed by atoms with Crippen LogP contribution in [-0.4, -0.2) is 38.3 Å². The Bertz CT molecular complexity index is 998. The quantitative estimate of drug-likeness (QED) is 0.262. The first-order chi connectivity index (χ1) is 14.1. The standard InChI is InChI=1S/C22H31N7.HI/c1-15-18(19-10-6-7-11-20(19)25-15)12-13-23-22(26-17-8-4-5-9-17)24-14-21-28-27-16(2)29(21)3;/h6-7,10-11,17,25H,4-5,8-9,12-14H2,1-3H3,(H2,23,24,26);1H. The van der Waals surface area contributed by atoms with Gasteiger partial charge in [0.05, 0.1) is 0 Å². The number of guanidine groups is 1. The van der Waals surface area contributed by atoms with E-state index < -0.39 is 0 Å². The van der Waals surface area contributed by atoms with Crippen molar-refractivity contribution < 1.29 is 0 Å². The fourth-order valence-electron chi connectivity index (χ4n) is 4.12. The average Bonchev–Trinajstić information content (AvgIpc) is 3.42. The van der Waals surface area contributed by atoms with Crippen molar-refractivity contribution in [2.45, 2.75) is 58.5 Å². The summed E-state index contributed by atoms with van der Waals surface area (Å²) >= 11 is 0. The van der Waals surface area contributed by atoms with Gasteiger partial charge in [-0.1, -0.05) is 31.0 Å². The molecule has 7 nitrogen and oxygen atoms in total. The van der Waals surface area contributed by atoms with Gasteiger partial charge in [-0.3, -0.25) is 0 Å². The highest BCUT2D eigenvalue weighted by atomic mass is 127. The monoisotopic (exact) mass is 521 g/mol. The molecule has 0 atom stereocenters. The number of H-pyrrole nitrogens is 1. The van der Waals surface area contributed by atoms with E-state index in [2.05, 4.69) is 57.0 Å². The van der Waals surface area contributed by atoms with Crippen molar-refractivity contribution in [1.29, 1.82) is 0 Å². The molecule has 8 heteroatoms. The Kier molecular flexibility index (Phi) is 7.74. The van der Waals surface area contributed by atoms with Crippen LogP contribution in [0.1, 0.15) is 48.6 Å². The van der Waals surface area contributed by atoms with Crippen molar-refractivity contribution in [2.24, 2.45) is 12.0 Å². The third-order valence-corrected chi connectivity index (χ3v) is 5.95.